The van der Waals surface area contributed by atoms with Crippen molar-refractivity contribution in [1.82, 2.24) is 20.1 Å². The summed E-state index contributed by atoms with van der Waals surface area (Å²) in [7, 11) is 0. The maximum atomic E-state index is 5.89. The van der Waals surface area contributed by atoms with Crippen LogP contribution in [-0.2, 0) is 19.5 Å². The van der Waals surface area contributed by atoms with Gasteiger partial charge in [-0.3, -0.25) is 0 Å². The van der Waals surface area contributed by atoms with Crippen molar-refractivity contribution in [3.63, 3.8) is 0 Å². The number of hydrogen-bond donors (Lipinski definition) is 1. The summed E-state index contributed by atoms with van der Waals surface area (Å²) in [5, 5.41) is 13.0. The number of benzene rings is 1. The second-order valence-corrected chi connectivity index (χ2v) is 6.75. The summed E-state index contributed by atoms with van der Waals surface area (Å²) in [6, 6.07) is 11.7. The van der Waals surface area contributed by atoms with E-state index in [1.807, 2.05) is 36.4 Å². The van der Waals surface area contributed by atoms with Crippen LogP contribution in [0.4, 0.5) is 0 Å². The zero-order valence-electron chi connectivity index (χ0n) is 13.4. The third kappa shape index (κ3) is 4.63. The SMILES string of the molecule is CCn1cnnc1CCNCc1ccc(Sc2ccc(Cl)cc2)o1. The van der Waals surface area contributed by atoms with E-state index in [0.717, 1.165) is 46.1 Å². The molecule has 1 N–H and O–H groups in total. The molecule has 0 atom stereocenters. The topological polar surface area (TPSA) is 55.9 Å². The summed E-state index contributed by atoms with van der Waals surface area (Å²) < 4.78 is 7.89. The maximum absolute atomic E-state index is 5.89. The van der Waals surface area contributed by atoms with Gasteiger partial charge in [0, 0.05) is 29.4 Å². The molecule has 0 fully saturated rings. The van der Waals surface area contributed by atoms with Crippen molar-refractivity contribution in [3.05, 3.63) is 59.3 Å². The molecule has 0 unspecified atom stereocenters. The number of furan rings is 1. The molecule has 2 aromatic heterocycles. The molecule has 0 saturated heterocycles. The summed E-state index contributed by atoms with van der Waals surface area (Å²) in [5.74, 6) is 1.92. The largest absolute Gasteiger partial charge is 0.453 e. The minimum atomic E-state index is 0.696. The minimum absolute atomic E-state index is 0.696. The monoisotopic (exact) mass is 362 g/mol. The molecule has 0 spiro atoms. The molecular weight excluding hydrogens is 344 g/mol. The number of aromatic nitrogens is 3. The highest BCUT2D eigenvalue weighted by Crippen LogP contribution is 2.29. The highest BCUT2D eigenvalue weighted by molar-refractivity contribution is 7.99. The van der Waals surface area contributed by atoms with Gasteiger partial charge < -0.3 is 14.3 Å². The Morgan fingerprint density at radius 3 is 2.83 bits per heavy atom. The predicted octanol–water partition coefficient (Wildman–Crippen LogP) is 4.03. The van der Waals surface area contributed by atoms with E-state index in [0.29, 0.717) is 6.54 Å². The molecule has 0 amide bonds. The van der Waals surface area contributed by atoms with Crippen molar-refractivity contribution < 1.29 is 4.42 Å². The van der Waals surface area contributed by atoms with Crippen LogP contribution in [0.25, 0.3) is 0 Å². The Balaban J connectivity index is 1.45. The highest BCUT2D eigenvalue weighted by Gasteiger charge is 2.05. The van der Waals surface area contributed by atoms with Gasteiger partial charge in [0.25, 0.3) is 0 Å². The van der Waals surface area contributed by atoms with E-state index < -0.39 is 0 Å². The van der Waals surface area contributed by atoms with E-state index in [-0.39, 0.29) is 0 Å². The van der Waals surface area contributed by atoms with Crippen LogP contribution in [-0.4, -0.2) is 21.3 Å². The van der Waals surface area contributed by atoms with Crippen molar-refractivity contribution >= 4 is 23.4 Å². The van der Waals surface area contributed by atoms with Gasteiger partial charge in [-0.1, -0.05) is 23.4 Å². The lowest BCUT2D eigenvalue weighted by Gasteiger charge is -2.04. The fourth-order valence-corrected chi connectivity index (χ4v) is 3.19. The number of hydrogen-bond acceptors (Lipinski definition) is 5. The summed E-state index contributed by atoms with van der Waals surface area (Å²) >= 11 is 7.48. The molecular formula is C17H19ClN4OS. The van der Waals surface area contributed by atoms with Gasteiger partial charge in [0.15, 0.2) is 5.09 Å². The van der Waals surface area contributed by atoms with Gasteiger partial charge in [-0.05, 0) is 43.3 Å². The van der Waals surface area contributed by atoms with Crippen molar-refractivity contribution in [3.8, 4) is 0 Å². The lowest BCUT2D eigenvalue weighted by atomic mass is 10.3. The van der Waals surface area contributed by atoms with Crippen LogP contribution in [0.5, 0.6) is 0 Å². The van der Waals surface area contributed by atoms with Crippen molar-refractivity contribution in [2.45, 2.75) is 36.4 Å². The van der Waals surface area contributed by atoms with E-state index in [9.17, 15) is 0 Å². The van der Waals surface area contributed by atoms with Gasteiger partial charge >= 0.3 is 0 Å². The molecule has 1 aromatic carbocycles. The van der Waals surface area contributed by atoms with Gasteiger partial charge in [0.05, 0.1) is 6.54 Å². The lowest BCUT2D eigenvalue weighted by molar-refractivity contribution is 0.416. The Hall–Kier alpha value is -1.76. The number of rotatable bonds is 8. The third-order valence-electron chi connectivity index (χ3n) is 3.53. The van der Waals surface area contributed by atoms with Crippen LogP contribution >= 0.6 is 23.4 Å². The zero-order valence-corrected chi connectivity index (χ0v) is 15.0. The van der Waals surface area contributed by atoms with Crippen molar-refractivity contribution in [1.29, 1.82) is 0 Å². The molecule has 0 aliphatic rings. The van der Waals surface area contributed by atoms with Crippen LogP contribution in [0.3, 0.4) is 0 Å². The molecule has 5 nitrogen and oxygen atoms in total. The Morgan fingerprint density at radius 2 is 2.04 bits per heavy atom. The summed E-state index contributed by atoms with van der Waals surface area (Å²) in [5.41, 5.74) is 0. The molecule has 7 heteroatoms. The van der Waals surface area contributed by atoms with Gasteiger partial charge in [0.2, 0.25) is 0 Å². The molecule has 0 saturated carbocycles. The Labute approximate surface area is 150 Å². The first-order chi connectivity index (χ1) is 11.7. The maximum Gasteiger partial charge on any atom is 0.165 e. The van der Waals surface area contributed by atoms with Gasteiger partial charge in [-0.15, -0.1) is 10.2 Å². The summed E-state index contributed by atoms with van der Waals surface area (Å²) in [6.07, 6.45) is 2.61. The first-order valence-corrected chi connectivity index (χ1v) is 9.03. The molecule has 0 aliphatic heterocycles. The summed E-state index contributed by atoms with van der Waals surface area (Å²) in [4.78, 5) is 1.10. The molecule has 24 heavy (non-hydrogen) atoms. The van der Waals surface area contributed by atoms with Crippen LogP contribution in [0.15, 0.2) is 57.1 Å². The Morgan fingerprint density at radius 1 is 1.21 bits per heavy atom. The van der Waals surface area contributed by atoms with Gasteiger partial charge in [0.1, 0.15) is 17.9 Å². The Bertz CT molecular complexity index is 769. The lowest BCUT2D eigenvalue weighted by Crippen LogP contribution is -2.18. The normalized spacial score (nSPS) is 11.1. The van der Waals surface area contributed by atoms with E-state index in [1.54, 1.807) is 18.1 Å². The molecule has 0 radical (unpaired) electrons. The van der Waals surface area contributed by atoms with E-state index in [2.05, 4.69) is 27.0 Å². The standard InChI is InChI=1S/C17H19ClN4OS/c1-2-22-12-20-21-16(22)9-10-19-11-14-5-8-17(23-14)24-15-6-3-13(18)4-7-15/h3-8,12,19H,2,9-11H2,1H3. The van der Waals surface area contributed by atoms with Gasteiger partial charge in [-0.2, -0.15) is 0 Å². The van der Waals surface area contributed by atoms with E-state index in [4.69, 9.17) is 16.0 Å². The Kier molecular flexibility index (Phi) is 5.96. The molecule has 3 rings (SSSR count). The van der Waals surface area contributed by atoms with Crippen LogP contribution < -0.4 is 5.32 Å². The fourth-order valence-electron chi connectivity index (χ4n) is 2.28. The third-order valence-corrected chi connectivity index (χ3v) is 4.71. The predicted molar refractivity (Wildman–Crippen MR) is 95.4 cm³/mol. The second kappa shape index (κ2) is 8.37. The quantitative estimate of drug-likeness (QED) is 0.613. The van der Waals surface area contributed by atoms with Gasteiger partial charge in [-0.25, -0.2) is 0 Å². The first kappa shape index (κ1) is 17.1. The number of aryl methyl sites for hydroxylation is 1. The molecule has 3 aromatic rings. The van der Waals surface area contributed by atoms with E-state index >= 15 is 0 Å². The van der Waals surface area contributed by atoms with Crippen molar-refractivity contribution in [2.75, 3.05) is 6.54 Å². The molecule has 2 heterocycles. The number of nitrogens with zero attached hydrogens (tertiary/aromatic N) is 3. The van der Waals surface area contributed by atoms with E-state index in [1.165, 1.54) is 0 Å². The average molecular weight is 363 g/mol. The smallest absolute Gasteiger partial charge is 0.165 e. The van der Waals surface area contributed by atoms with Crippen LogP contribution in [0.1, 0.15) is 18.5 Å². The van der Waals surface area contributed by atoms with Crippen LogP contribution in [0.2, 0.25) is 5.02 Å². The minimum Gasteiger partial charge on any atom is -0.453 e. The first-order valence-electron chi connectivity index (χ1n) is 7.84. The number of halogens is 1. The average Bonchev–Trinajstić information content (AvgIpc) is 3.23. The zero-order chi connectivity index (χ0) is 16.8. The van der Waals surface area contributed by atoms with Crippen LogP contribution in [0, 0.1) is 0 Å². The molecule has 0 bridgehead atoms. The fraction of sp³-hybridized carbons (Fsp3) is 0.294. The second-order valence-electron chi connectivity index (χ2n) is 5.24. The summed E-state index contributed by atoms with van der Waals surface area (Å²) in [6.45, 7) is 4.51. The van der Waals surface area contributed by atoms with Crippen molar-refractivity contribution in [2.24, 2.45) is 0 Å². The molecule has 0 aliphatic carbocycles. The highest BCUT2D eigenvalue weighted by atomic mass is 35.5. The number of nitrogens with one attached hydrogen (secondary N) is 1. The molecule has 126 valence electrons.